The number of hydrogen-bond acceptors (Lipinski definition) is 2. The summed E-state index contributed by atoms with van der Waals surface area (Å²) < 4.78 is 0. The number of anilines is 1. The summed E-state index contributed by atoms with van der Waals surface area (Å²) in [5.41, 5.74) is 8.32. The van der Waals surface area contributed by atoms with Gasteiger partial charge in [0.05, 0.1) is 6.54 Å². The maximum atomic E-state index is 12.0. The number of carbonyl (C=O) groups excluding carboxylic acids is 1. The molecule has 0 radical (unpaired) electrons. The van der Waals surface area contributed by atoms with Crippen LogP contribution in [0.4, 0.5) is 5.69 Å². The van der Waals surface area contributed by atoms with Crippen molar-refractivity contribution in [2.24, 2.45) is 17.1 Å². The van der Waals surface area contributed by atoms with Crippen molar-refractivity contribution in [1.82, 2.24) is 0 Å². The van der Waals surface area contributed by atoms with Gasteiger partial charge in [0.2, 0.25) is 5.91 Å². The van der Waals surface area contributed by atoms with Gasteiger partial charge in [-0.05, 0) is 42.5 Å². The molecular formula is C16H20N2O. The smallest absolute Gasteiger partial charge is 0.228 e. The predicted octanol–water partition coefficient (Wildman–Crippen LogP) is 2.29. The van der Waals surface area contributed by atoms with Gasteiger partial charge in [-0.3, -0.25) is 4.79 Å². The monoisotopic (exact) mass is 256 g/mol. The topological polar surface area (TPSA) is 55.1 Å². The molecule has 1 saturated carbocycles. The summed E-state index contributed by atoms with van der Waals surface area (Å²) >= 11 is 0. The SMILES string of the molecule is Cc1cc(C#CCN)ccc1NC(=O)C1CC1(C)C. The van der Waals surface area contributed by atoms with Crippen LogP contribution in [0.3, 0.4) is 0 Å². The molecular weight excluding hydrogens is 236 g/mol. The summed E-state index contributed by atoms with van der Waals surface area (Å²) in [6.45, 7) is 6.57. The first-order valence-corrected chi connectivity index (χ1v) is 6.54. The second kappa shape index (κ2) is 5.07. The Bertz CT molecular complexity index is 564. The molecule has 0 aromatic heterocycles. The van der Waals surface area contributed by atoms with E-state index in [0.717, 1.165) is 23.2 Å². The van der Waals surface area contributed by atoms with Gasteiger partial charge < -0.3 is 11.1 Å². The highest BCUT2D eigenvalue weighted by Crippen LogP contribution is 2.52. The van der Waals surface area contributed by atoms with Gasteiger partial charge in [0.25, 0.3) is 0 Å². The molecule has 1 fully saturated rings. The first-order chi connectivity index (χ1) is 8.94. The number of nitrogens with one attached hydrogen (secondary N) is 1. The molecule has 0 saturated heterocycles. The molecule has 0 bridgehead atoms. The molecule has 0 aliphatic heterocycles. The van der Waals surface area contributed by atoms with Gasteiger partial charge in [-0.1, -0.05) is 25.7 Å². The van der Waals surface area contributed by atoms with E-state index in [1.165, 1.54) is 0 Å². The Morgan fingerprint density at radius 1 is 1.53 bits per heavy atom. The zero-order valence-corrected chi connectivity index (χ0v) is 11.7. The van der Waals surface area contributed by atoms with E-state index in [9.17, 15) is 4.79 Å². The summed E-state index contributed by atoms with van der Waals surface area (Å²) in [5.74, 6) is 6.07. The average molecular weight is 256 g/mol. The molecule has 1 aliphatic rings. The highest BCUT2D eigenvalue weighted by Gasteiger charge is 2.50. The van der Waals surface area contributed by atoms with Gasteiger partial charge in [0, 0.05) is 17.2 Å². The zero-order valence-electron chi connectivity index (χ0n) is 11.7. The predicted molar refractivity (Wildman–Crippen MR) is 77.6 cm³/mol. The Morgan fingerprint density at radius 2 is 2.21 bits per heavy atom. The Kier molecular flexibility index (Phi) is 3.64. The lowest BCUT2D eigenvalue weighted by atomic mass is 10.1. The van der Waals surface area contributed by atoms with Crippen LogP contribution < -0.4 is 11.1 Å². The second-order valence-corrected chi connectivity index (χ2v) is 5.77. The standard InChI is InChI=1S/C16H20N2O/c1-11-9-12(5-4-8-17)6-7-14(11)18-15(19)13-10-16(13,2)3/h6-7,9,13H,8,10,17H2,1-3H3,(H,18,19). The van der Waals surface area contributed by atoms with E-state index in [-0.39, 0.29) is 17.2 Å². The lowest BCUT2D eigenvalue weighted by molar-refractivity contribution is -0.118. The Hall–Kier alpha value is -1.79. The van der Waals surface area contributed by atoms with Crippen molar-refractivity contribution >= 4 is 11.6 Å². The summed E-state index contributed by atoms with van der Waals surface area (Å²) in [4.78, 5) is 12.0. The Labute approximate surface area is 114 Å². The average Bonchev–Trinajstić information content (AvgIpc) is 2.99. The quantitative estimate of drug-likeness (QED) is 0.798. The van der Waals surface area contributed by atoms with Crippen molar-refractivity contribution in [3.63, 3.8) is 0 Å². The number of amides is 1. The summed E-state index contributed by atoms with van der Waals surface area (Å²) in [6, 6.07) is 5.78. The molecule has 19 heavy (non-hydrogen) atoms. The van der Waals surface area contributed by atoms with Crippen molar-refractivity contribution in [3.8, 4) is 11.8 Å². The lowest BCUT2D eigenvalue weighted by Crippen LogP contribution is -2.17. The molecule has 1 unspecified atom stereocenters. The van der Waals surface area contributed by atoms with Crippen LogP contribution in [-0.2, 0) is 4.79 Å². The summed E-state index contributed by atoms with van der Waals surface area (Å²) in [5, 5.41) is 3.00. The minimum Gasteiger partial charge on any atom is -0.326 e. The molecule has 3 nitrogen and oxygen atoms in total. The number of aryl methyl sites for hydroxylation is 1. The summed E-state index contributed by atoms with van der Waals surface area (Å²) in [6.07, 6.45) is 0.970. The minimum atomic E-state index is 0.119. The third-order valence-corrected chi connectivity index (χ3v) is 3.65. The van der Waals surface area contributed by atoms with E-state index in [0.29, 0.717) is 6.54 Å². The number of hydrogen-bond donors (Lipinski definition) is 2. The largest absolute Gasteiger partial charge is 0.326 e. The highest BCUT2D eigenvalue weighted by molar-refractivity contribution is 5.95. The third kappa shape index (κ3) is 3.15. The first kappa shape index (κ1) is 13.6. The van der Waals surface area contributed by atoms with Gasteiger partial charge in [0.1, 0.15) is 0 Å². The van der Waals surface area contributed by atoms with Crippen LogP contribution in [0.15, 0.2) is 18.2 Å². The zero-order chi connectivity index (χ0) is 14.0. The Balaban J connectivity index is 2.07. The highest BCUT2D eigenvalue weighted by atomic mass is 16.2. The van der Waals surface area contributed by atoms with Crippen LogP contribution in [0.1, 0.15) is 31.4 Å². The van der Waals surface area contributed by atoms with Crippen molar-refractivity contribution in [1.29, 1.82) is 0 Å². The fourth-order valence-corrected chi connectivity index (χ4v) is 2.17. The molecule has 0 spiro atoms. The van der Waals surface area contributed by atoms with Crippen LogP contribution in [0.2, 0.25) is 0 Å². The fourth-order valence-electron chi connectivity index (χ4n) is 2.17. The molecule has 1 aromatic rings. The van der Waals surface area contributed by atoms with Gasteiger partial charge >= 0.3 is 0 Å². The van der Waals surface area contributed by atoms with Gasteiger partial charge in [-0.2, -0.15) is 0 Å². The van der Waals surface area contributed by atoms with Crippen molar-refractivity contribution in [2.75, 3.05) is 11.9 Å². The van der Waals surface area contributed by atoms with E-state index < -0.39 is 0 Å². The number of carbonyl (C=O) groups is 1. The molecule has 1 atom stereocenters. The van der Waals surface area contributed by atoms with Gasteiger partial charge in [0.15, 0.2) is 0 Å². The number of nitrogens with two attached hydrogens (primary N) is 1. The second-order valence-electron chi connectivity index (χ2n) is 5.77. The van der Waals surface area contributed by atoms with Crippen LogP contribution in [-0.4, -0.2) is 12.5 Å². The van der Waals surface area contributed by atoms with E-state index in [2.05, 4.69) is 31.0 Å². The lowest BCUT2D eigenvalue weighted by Gasteiger charge is -2.09. The van der Waals surface area contributed by atoms with Crippen molar-refractivity contribution < 1.29 is 4.79 Å². The molecule has 1 aliphatic carbocycles. The van der Waals surface area contributed by atoms with Gasteiger partial charge in [-0.25, -0.2) is 0 Å². The molecule has 100 valence electrons. The van der Waals surface area contributed by atoms with Crippen LogP contribution in [0.25, 0.3) is 0 Å². The molecule has 1 aromatic carbocycles. The van der Waals surface area contributed by atoms with Crippen molar-refractivity contribution in [2.45, 2.75) is 27.2 Å². The molecule has 3 N–H and O–H groups in total. The molecule has 1 amide bonds. The van der Waals surface area contributed by atoms with E-state index in [1.54, 1.807) is 0 Å². The molecule has 0 heterocycles. The van der Waals surface area contributed by atoms with E-state index >= 15 is 0 Å². The van der Waals surface area contributed by atoms with E-state index in [1.807, 2.05) is 25.1 Å². The van der Waals surface area contributed by atoms with Crippen LogP contribution in [0.5, 0.6) is 0 Å². The fraction of sp³-hybridized carbons (Fsp3) is 0.438. The molecule has 3 heteroatoms. The summed E-state index contributed by atoms with van der Waals surface area (Å²) in [7, 11) is 0. The minimum absolute atomic E-state index is 0.119. The van der Waals surface area contributed by atoms with Crippen LogP contribution >= 0.6 is 0 Å². The normalized spacial score (nSPS) is 19.3. The first-order valence-electron chi connectivity index (χ1n) is 6.54. The molecule has 2 rings (SSSR count). The van der Waals surface area contributed by atoms with Crippen LogP contribution in [0, 0.1) is 30.1 Å². The number of benzene rings is 1. The van der Waals surface area contributed by atoms with Crippen molar-refractivity contribution in [3.05, 3.63) is 29.3 Å². The van der Waals surface area contributed by atoms with Gasteiger partial charge in [-0.15, -0.1) is 0 Å². The Morgan fingerprint density at radius 3 is 2.74 bits per heavy atom. The maximum Gasteiger partial charge on any atom is 0.228 e. The van der Waals surface area contributed by atoms with E-state index in [4.69, 9.17) is 5.73 Å². The third-order valence-electron chi connectivity index (χ3n) is 3.65. The maximum absolute atomic E-state index is 12.0. The number of rotatable bonds is 2.